The van der Waals surface area contributed by atoms with Gasteiger partial charge in [0.2, 0.25) is 5.91 Å². The Morgan fingerprint density at radius 3 is 2.53 bits per heavy atom. The van der Waals surface area contributed by atoms with Crippen molar-refractivity contribution in [2.45, 2.75) is 57.0 Å². The largest absolute Gasteiger partial charge is 0.497 e. The lowest BCUT2D eigenvalue weighted by molar-refractivity contribution is -0.121. The number of hydrogen-bond donors (Lipinski definition) is 3. The molecule has 1 atom stereocenters. The second kappa shape index (κ2) is 11.8. The molecule has 0 radical (unpaired) electrons. The van der Waals surface area contributed by atoms with E-state index in [1.54, 1.807) is 14.2 Å². The standard InChI is InChI=1S/C23H37N5O2/c1-24-23(25-14-6-7-22(29)27-19-10-11-19)26-17-21(28-15-4-3-5-16-28)18-8-12-20(30-2)13-9-18/h8-9,12-13,19,21H,3-7,10-11,14-17H2,1-2H3,(H,27,29)(H2,24,25,26). The molecule has 7 heteroatoms. The van der Waals surface area contributed by atoms with E-state index in [4.69, 9.17) is 4.74 Å². The molecule has 2 fully saturated rings. The van der Waals surface area contributed by atoms with Crippen molar-refractivity contribution in [1.82, 2.24) is 20.9 Å². The van der Waals surface area contributed by atoms with Crippen molar-refractivity contribution in [2.75, 3.05) is 40.3 Å². The van der Waals surface area contributed by atoms with Crippen molar-refractivity contribution in [2.24, 2.45) is 4.99 Å². The van der Waals surface area contributed by atoms with Crippen molar-refractivity contribution in [3.8, 4) is 5.75 Å². The van der Waals surface area contributed by atoms with Crippen LogP contribution in [-0.2, 0) is 4.79 Å². The second-order valence-electron chi connectivity index (χ2n) is 8.21. The van der Waals surface area contributed by atoms with Gasteiger partial charge in [0, 0.05) is 32.6 Å². The van der Waals surface area contributed by atoms with Gasteiger partial charge in [-0.05, 0) is 62.9 Å². The number of hydrogen-bond acceptors (Lipinski definition) is 4. The number of rotatable bonds is 10. The third-order valence-electron chi connectivity index (χ3n) is 5.83. The van der Waals surface area contributed by atoms with Crippen LogP contribution < -0.4 is 20.7 Å². The van der Waals surface area contributed by atoms with Gasteiger partial charge in [0.15, 0.2) is 5.96 Å². The predicted molar refractivity (Wildman–Crippen MR) is 121 cm³/mol. The van der Waals surface area contributed by atoms with Gasteiger partial charge in [-0.15, -0.1) is 0 Å². The van der Waals surface area contributed by atoms with Crippen molar-refractivity contribution in [3.63, 3.8) is 0 Å². The topological polar surface area (TPSA) is 78.0 Å². The molecule has 3 rings (SSSR count). The van der Waals surface area contributed by atoms with E-state index in [0.29, 0.717) is 18.5 Å². The number of nitrogens with zero attached hydrogens (tertiary/aromatic N) is 2. The molecular formula is C23H37N5O2. The maximum Gasteiger partial charge on any atom is 0.220 e. The van der Waals surface area contributed by atoms with Gasteiger partial charge >= 0.3 is 0 Å². The third kappa shape index (κ3) is 7.20. The third-order valence-corrected chi connectivity index (χ3v) is 5.83. The van der Waals surface area contributed by atoms with Crippen LogP contribution in [0.5, 0.6) is 5.75 Å². The molecule has 2 aliphatic rings. The van der Waals surface area contributed by atoms with Gasteiger partial charge in [0.1, 0.15) is 5.75 Å². The average Bonchev–Trinajstić information content (AvgIpc) is 3.60. The minimum Gasteiger partial charge on any atom is -0.497 e. The van der Waals surface area contributed by atoms with E-state index in [-0.39, 0.29) is 5.91 Å². The van der Waals surface area contributed by atoms with E-state index in [1.807, 2.05) is 12.1 Å². The zero-order valence-corrected chi connectivity index (χ0v) is 18.5. The molecule has 1 heterocycles. The number of amides is 1. The maximum absolute atomic E-state index is 11.8. The summed E-state index contributed by atoms with van der Waals surface area (Å²) in [5.74, 6) is 1.83. The van der Waals surface area contributed by atoms with Crippen molar-refractivity contribution < 1.29 is 9.53 Å². The summed E-state index contributed by atoms with van der Waals surface area (Å²) in [7, 11) is 3.49. The minimum absolute atomic E-state index is 0.159. The number of nitrogens with one attached hydrogen (secondary N) is 3. The molecule has 1 saturated carbocycles. The highest BCUT2D eigenvalue weighted by atomic mass is 16.5. The van der Waals surface area contributed by atoms with Gasteiger partial charge < -0.3 is 20.7 Å². The normalized spacial score (nSPS) is 18.5. The van der Waals surface area contributed by atoms with Crippen LogP contribution in [0.1, 0.15) is 56.6 Å². The Morgan fingerprint density at radius 2 is 1.90 bits per heavy atom. The smallest absolute Gasteiger partial charge is 0.220 e. The first kappa shape index (κ1) is 22.4. The molecule has 3 N–H and O–H groups in total. The van der Waals surface area contributed by atoms with Crippen LogP contribution in [-0.4, -0.2) is 63.1 Å². The number of ether oxygens (including phenoxy) is 1. The van der Waals surface area contributed by atoms with Crippen LogP contribution in [0, 0.1) is 0 Å². The number of guanidine groups is 1. The van der Waals surface area contributed by atoms with Crippen LogP contribution >= 0.6 is 0 Å². The maximum atomic E-state index is 11.8. The number of piperidine rings is 1. The Hall–Kier alpha value is -2.28. The van der Waals surface area contributed by atoms with Gasteiger partial charge in [-0.1, -0.05) is 18.6 Å². The SMILES string of the molecule is CN=C(NCCCC(=O)NC1CC1)NCC(c1ccc(OC)cc1)N1CCCCC1. The van der Waals surface area contributed by atoms with Crippen molar-refractivity contribution in [3.05, 3.63) is 29.8 Å². The molecule has 0 spiro atoms. The highest BCUT2D eigenvalue weighted by Crippen LogP contribution is 2.25. The predicted octanol–water partition coefficient (Wildman–Crippen LogP) is 2.45. The monoisotopic (exact) mass is 415 g/mol. The summed E-state index contributed by atoms with van der Waals surface area (Å²) in [6.45, 7) is 3.77. The summed E-state index contributed by atoms with van der Waals surface area (Å²) in [4.78, 5) is 18.7. The zero-order chi connectivity index (χ0) is 21.2. The molecule has 30 heavy (non-hydrogen) atoms. The number of carbonyl (C=O) groups excluding carboxylic acids is 1. The lowest BCUT2D eigenvalue weighted by Gasteiger charge is -2.35. The average molecular weight is 416 g/mol. The van der Waals surface area contributed by atoms with Crippen LogP contribution in [0.25, 0.3) is 0 Å². The lowest BCUT2D eigenvalue weighted by atomic mass is 10.0. The fourth-order valence-electron chi connectivity index (χ4n) is 3.91. The van der Waals surface area contributed by atoms with E-state index < -0.39 is 0 Å². The van der Waals surface area contributed by atoms with E-state index in [1.165, 1.54) is 24.8 Å². The lowest BCUT2D eigenvalue weighted by Crippen LogP contribution is -2.44. The van der Waals surface area contributed by atoms with E-state index >= 15 is 0 Å². The van der Waals surface area contributed by atoms with Gasteiger partial charge in [-0.3, -0.25) is 14.7 Å². The quantitative estimate of drug-likeness (QED) is 0.311. The molecule has 1 saturated heterocycles. The van der Waals surface area contributed by atoms with Gasteiger partial charge in [-0.25, -0.2) is 0 Å². The van der Waals surface area contributed by atoms with Crippen LogP contribution in [0.4, 0.5) is 0 Å². The first-order valence-electron chi connectivity index (χ1n) is 11.3. The summed E-state index contributed by atoms with van der Waals surface area (Å²) in [5, 5.41) is 9.86. The number of likely N-dealkylation sites (tertiary alicyclic amines) is 1. The number of benzene rings is 1. The van der Waals surface area contributed by atoms with Crippen LogP contribution in [0.15, 0.2) is 29.3 Å². The Morgan fingerprint density at radius 1 is 1.17 bits per heavy atom. The molecule has 7 nitrogen and oxygen atoms in total. The van der Waals surface area contributed by atoms with Gasteiger partial charge in [-0.2, -0.15) is 0 Å². The minimum atomic E-state index is 0.159. The van der Waals surface area contributed by atoms with Gasteiger partial charge in [0.05, 0.1) is 13.2 Å². The summed E-state index contributed by atoms with van der Waals surface area (Å²) < 4.78 is 5.32. The molecule has 1 aromatic rings. The van der Waals surface area contributed by atoms with E-state index in [9.17, 15) is 4.79 Å². The summed E-state index contributed by atoms with van der Waals surface area (Å²) in [6, 6.07) is 9.12. The first-order chi connectivity index (χ1) is 14.7. The van der Waals surface area contributed by atoms with E-state index in [2.05, 4.69) is 38.0 Å². The second-order valence-corrected chi connectivity index (χ2v) is 8.21. The molecule has 1 aliphatic heterocycles. The van der Waals surface area contributed by atoms with E-state index in [0.717, 1.165) is 57.2 Å². The van der Waals surface area contributed by atoms with Crippen LogP contribution in [0.3, 0.4) is 0 Å². The molecule has 1 unspecified atom stereocenters. The Balaban J connectivity index is 1.48. The van der Waals surface area contributed by atoms with Crippen LogP contribution in [0.2, 0.25) is 0 Å². The fraction of sp³-hybridized carbons (Fsp3) is 0.652. The molecule has 166 valence electrons. The number of carbonyl (C=O) groups is 1. The number of methoxy groups -OCH3 is 1. The summed E-state index contributed by atoms with van der Waals surface area (Å²) >= 11 is 0. The zero-order valence-electron chi connectivity index (χ0n) is 18.5. The Labute approximate surface area is 180 Å². The van der Waals surface area contributed by atoms with Crippen molar-refractivity contribution >= 4 is 11.9 Å². The highest BCUT2D eigenvalue weighted by molar-refractivity contribution is 5.80. The Bertz CT molecular complexity index is 681. The summed E-state index contributed by atoms with van der Waals surface area (Å²) in [5.41, 5.74) is 1.29. The first-order valence-corrected chi connectivity index (χ1v) is 11.3. The number of aliphatic imine (C=N–C) groups is 1. The summed E-state index contributed by atoms with van der Waals surface area (Å²) in [6.07, 6.45) is 7.44. The molecule has 0 bridgehead atoms. The van der Waals surface area contributed by atoms with Gasteiger partial charge in [0.25, 0.3) is 0 Å². The fourth-order valence-corrected chi connectivity index (χ4v) is 3.91. The molecular weight excluding hydrogens is 378 g/mol. The highest BCUT2D eigenvalue weighted by Gasteiger charge is 2.23. The molecule has 1 aliphatic carbocycles. The molecule has 1 aromatic carbocycles. The molecule has 1 amide bonds. The van der Waals surface area contributed by atoms with Crippen molar-refractivity contribution in [1.29, 1.82) is 0 Å². The molecule has 0 aromatic heterocycles. The Kier molecular flexibility index (Phi) is 8.81.